The molecule has 3 saturated heterocycles. The molecule has 0 spiro atoms. The summed E-state index contributed by atoms with van der Waals surface area (Å²) in [7, 11) is 0. The first-order valence-electron chi connectivity index (χ1n) is 14.1. The Bertz CT molecular complexity index is 899. The predicted octanol–water partition coefficient (Wildman–Crippen LogP) is 4.72. The van der Waals surface area contributed by atoms with Gasteiger partial charge in [0, 0.05) is 5.92 Å². The Morgan fingerprint density at radius 2 is 1.31 bits per heavy atom. The molecule has 0 radical (unpaired) electrons. The number of epoxide rings is 3. The summed E-state index contributed by atoms with van der Waals surface area (Å²) in [6.07, 6.45) is 18.4. The second-order valence-corrected chi connectivity index (χ2v) is 12.6. The molecule has 0 N–H and O–H groups in total. The Labute approximate surface area is 209 Å². The lowest BCUT2D eigenvalue weighted by Crippen LogP contribution is -2.27. The molecule has 15 atom stereocenters. The standard InChI is InChI=1S/C11H14O3.C10H14O.C9H12O/c1-2-3-13-11(12)8-5-6-4-7(8)10-9(6)14-10;1-2-3-6-4-7-5-8(6)10-9(7)11-10;1-2-5-3-6-4-7(5)9-8(6)10-9/h2,6-10H,1,3-5H2;2,6-10H,1,3-5H2;2,5-9H,1,3-4H2. The second kappa shape index (κ2) is 8.56. The molecule has 0 amide bonds. The van der Waals surface area contributed by atoms with Crippen molar-refractivity contribution in [2.45, 2.75) is 81.6 Å². The van der Waals surface area contributed by atoms with E-state index in [2.05, 4.69) is 31.9 Å². The van der Waals surface area contributed by atoms with Gasteiger partial charge >= 0.3 is 5.97 Å². The first kappa shape index (κ1) is 22.7. The zero-order chi connectivity index (χ0) is 23.8. The Morgan fingerprint density at radius 3 is 1.83 bits per heavy atom. The number of rotatable bonds is 6. The number of fused-ring (bicyclic) bond motifs is 15. The van der Waals surface area contributed by atoms with Crippen LogP contribution >= 0.6 is 0 Å². The molecule has 5 nitrogen and oxygen atoms in total. The van der Waals surface area contributed by atoms with Crippen LogP contribution in [0.3, 0.4) is 0 Å². The summed E-state index contributed by atoms with van der Waals surface area (Å²) in [6.45, 7) is 11.5. The summed E-state index contributed by atoms with van der Waals surface area (Å²) < 4.78 is 21.7. The van der Waals surface area contributed by atoms with Gasteiger partial charge in [0.25, 0.3) is 0 Å². The van der Waals surface area contributed by atoms with Crippen molar-refractivity contribution in [3.05, 3.63) is 38.0 Å². The Morgan fingerprint density at radius 1 is 0.714 bits per heavy atom. The maximum absolute atomic E-state index is 11.6. The van der Waals surface area contributed by atoms with Crippen molar-refractivity contribution in [2.75, 3.05) is 6.61 Å². The fraction of sp³-hybridized carbons (Fsp3) is 0.767. The van der Waals surface area contributed by atoms with Gasteiger partial charge in [-0.05, 0) is 86.4 Å². The van der Waals surface area contributed by atoms with Crippen molar-refractivity contribution < 1.29 is 23.7 Å². The molecule has 9 rings (SSSR count). The van der Waals surface area contributed by atoms with Crippen molar-refractivity contribution in [3.63, 3.8) is 0 Å². The number of allylic oxidation sites excluding steroid dienone is 2. The van der Waals surface area contributed by atoms with Gasteiger partial charge in [0.05, 0.1) is 42.5 Å². The van der Waals surface area contributed by atoms with Crippen LogP contribution in [0.1, 0.15) is 44.9 Å². The smallest absolute Gasteiger partial charge is 0.309 e. The van der Waals surface area contributed by atoms with E-state index in [4.69, 9.17) is 18.9 Å². The highest BCUT2D eigenvalue weighted by Gasteiger charge is 2.65. The van der Waals surface area contributed by atoms with E-state index in [1.54, 1.807) is 6.08 Å². The molecule has 9 fully saturated rings. The first-order chi connectivity index (χ1) is 17.1. The predicted molar refractivity (Wildman–Crippen MR) is 131 cm³/mol. The van der Waals surface area contributed by atoms with E-state index in [-0.39, 0.29) is 11.9 Å². The van der Waals surface area contributed by atoms with Crippen LogP contribution in [0, 0.1) is 53.3 Å². The van der Waals surface area contributed by atoms with Gasteiger partial charge in [0.2, 0.25) is 0 Å². The van der Waals surface area contributed by atoms with Gasteiger partial charge < -0.3 is 18.9 Å². The summed E-state index contributed by atoms with van der Waals surface area (Å²) in [5.74, 6) is 6.42. The zero-order valence-corrected chi connectivity index (χ0v) is 20.7. The fourth-order valence-corrected chi connectivity index (χ4v) is 9.26. The minimum Gasteiger partial charge on any atom is -0.461 e. The number of hydrogen-bond acceptors (Lipinski definition) is 5. The molecule has 0 aromatic carbocycles. The normalized spacial score (nSPS) is 54.8. The quantitative estimate of drug-likeness (QED) is 0.313. The lowest BCUT2D eigenvalue weighted by Gasteiger charge is -2.16. The van der Waals surface area contributed by atoms with Gasteiger partial charge in [-0.15, -0.1) is 13.2 Å². The lowest BCUT2D eigenvalue weighted by atomic mass is 9.86. The summed E-state index contributed by atoms with van der Waals surface area (Å²) in [5, 5.41) is 0. The highest BCUT2D eigenvalue weighted by atomic mass is 16.6. The van der Waals surface area contributed by atoms with Gasteiger partial charge in [-0.3, -0.25) is 4.79 Å². The van der Waals surface area contributed by atoms with Crippen LogP contribution in [0.5, 0.6) is 0 Å². The topological polar surface area (TPSA) is 63.9 Å². The third kappa shape index (κ3) is 3.79. The lowest BCUT2D eigenvalue weighted by molar-refractivity contribution is -0.149. The summed E-state index contributed by atoms with van der Waals surface area (Å²) >= 11 is 0. The number of ether oxygens (including phenoxy) is 4. The van der Waals surface area contributed by atoms with E-state index in [1.807, 2.05) is 0 Å². The van der Waals surface area contributed by atoms with Crippen LogP contribution in [0.15, 0.2) is 38.0 Å². The molecule has 3 heterocycles. The Balaban J connectivity index is 0.0000000914. The third-order valence-corrected chi connectivity index (χ3v) is 10.9. The van der Waals surface area contributed by atoms with Crippen LogP contribution in [-0.2, 0) is 23.7 Å². The van der Waals surface area contributed by atoms with Crippen molar-refractivity contribution in [2.24, 2.45) is 53.3 Å². The number of carbonyl (C=O) groups is 1. The second-order valence-electron chi connectivity index (χ2n) is 12.6. The maximum Gasteiger partial charge on any atom is 0.309 e. The Kier molecular flexibility index (Phi) is 5.56. The van der Waals surface area contributed by atoms with E-state index >= 15 is 0 Å². The molecule has 190 valence electrons. The number of esters is 1. The highest BCUT2D eigenvalue weighted by molar-refractivity contribution is 5.74. The van der Waals surface area contributed by atoms with Crippen LogP contribution in [-0.4, -0.2) is 49.2 Å². The van der Waals surface area contributed by atoms with Crippen LogP contribution in [0.25, 0.3) is 0 Å². The van der Waals surface area contributed by atoms with E-state index in [9.17, 15) is 4.79 Å². The molecule has 15 unspecified atom stereocenters. The Hall–Kier alpha value is -1.43. The maximum atomic E-state index is 11.6. The van der Waals surface area contributed by atoms with E-state index in [0.29, 0.717) is 55.1 Å². The monoisotopic (exact) mass is 480 g/mol. The zero-order valence-electron chi connectivity index (χ0n) is 20.7. The SMILES string of the molecule is C=CC1CC2CC1C1OC21.C=CCC1CC2CC1C1OC21.C=CCOC(=O)C1CC2CC1C1OC21. The number of carbonyl (C=O) groups excluding carboxylic acids is 1. The fourth-order valence-electron chi connectivity index (χ4n) is 9.26. The molecular formula is C30H40O5. The molecule has 5 heteroatoms. The highest BCUT2D eigenvalue weighted by Crippen LogP contribution is 2.61. The number of hydrogen-bond donors (Lipinski definition) is 0. The minimum absolute atomic E-state index is 0.0497. The van der Waals surface area contributed by atoms with Crippen LogP contribution in [0.2, 0.25) is 0 Å². The molecule has 0 aromatic heterocycles. The third-order valence-electron chi connectivity index (χ3n) is 10.9. The van der Waals surface area contributed by atoms with Crippen molar-refractivity contribution in [1.29, 1.82) is 0 Å². The van der Waals surface area contributed by atoms with Crippen molar-refractivity contribution in [1.82, 2.24) is 0 Å². The van der Waals surface area contributed by atoms with Crippen LogP contribution in [0.4, 0.5) is 0 Å². The van der Waals surface area contributed by atoms with Gasteiger partial charge in [0.15, 0.2) is 0 Å². The molecule has 6 aliphatic carbocycles. The van der Waals surface area contributed by atoms with Crippen molar-refractivity contribution in [3.8, 4) is 0 Å². The molecule has 9 aliphatic rings. The average molecular weight is 481 g/mol. The average Bonchev–Trinajstić information content (AvgIpc) is 3.82. The van der Waals surface area contributed by atoms with Gasteiger partial charge in [0.1, 0.15) is 6.61 Å². The largest absolute Gasteiger partial charge is 0.461 e. The van der Waals surface area contributed by atoms with Gasteiger partial charge in [-0.25, -0.2) is 0 Å². The molecule has 0 aromatic rings. The summed E-state index contributed by atoms with van der Waals surface area (Å²) in [4.78, 5) is 11.6. The minimum atomic E-state index is -0.0497. The van der Waals surface area contributed by atoms with E-state index < -0.39 is 0 Å². The van der Waals surface area contributed by atoms with Crippen LogP contribution < -0.4 is 0 Å². The molecule has 6 bridgehead atoms. The molecule has 6 saturated carbocycles. The van der Waals surface area contributed by atoms with E-state index in [1.165, 1.54) is 38.5 Å². The molecular weight excluding hydrogens is 440 g/mol. The van der Waals surface area contributed by atoms with Gasteiger partial charge in [-0.2, -0.15) is 0 Å². The van der Waals surface area contributed by atoms with E-state index in [0.717, 1.165) is 41.9 Å². The van der Waals surface area contributed by atoms with Crippen molar-refractivity contribution >= 4 is 5.97 Å². The summed E-state index contributed by atoms with van der Waals surface area (Å²) in [5.41, 5.74) is 0. The summed E-state index contributed by atoms with van der Waals surface area (Å²) in [6, 6.07) is 0. The first-order valence-corrected chi connectivity index (χ1v) is 14.1. The van der Waals surface area contributed by atoms with Gasteiger partial charge in [-0.1, -0.05) is 24.8 Å². The molecule has 35 heavy (non-hydrogen) atoms. The molecule has 3 aliphatic heterocycles.